The number of rotatable bonds is 4. The van der Waals surface area contributed by atoms with Crippen LogP contribution in [0, 0.1) is 5.92 Å². The molecule has 3 heteroatoms. The van der Waals surface area contributed by atoms with E-state index in [1.165, 1.54) is 56.4 Å². The van der Waals surface area contributed by atoms with E-state index in [-0.39, 0.29) is 6.04 Å². The van der Waals surface area contributed by atoms with Gasteiger partial charge in [0, 0.05) is 29.3 Å². The van der Waals surface area contributed by atoms with Crippen LogP contribution in [0.25, 0.3) is 0 Å². The fourth-order valence-corrected chi connectivity index (χ4v) is 3.93. The molecule has 1 unspecified atom stereocenters. The summed E-state index contributed by atoms with van der Waals surface area (Å²) in [4.78, 5) is 2.53. The summed E-state index contributed by atoms with van der Waals surface area (Å²) in [5.74, 6) is 0.928. The first kappa shape index (κ1) is 15.8. The zero-order chi connectivity index (χ0) is 14.5. The van der Waals surface area contributed by atoms with Gasteiger partial charge in [0.25, 0.3) is 0 Å². The summed E-state index contributed by atoms with van der Waals surface area (Å²) >= 11 is 3.66. The molecule has 1 aromatic rings. The highest BCUT2D eigenvalue weighted by molar-refractivity contribution is 9.10. The zero-order valence-electron chi connectivity index (χ0n) is 12.7. The molecule has 0 radical (unpaired) electrons. The van der Waals surface area contributed by atoms with E-state index in [0.717, 1.165) is 10.4 Å². The Morgan fingerprint density at radius 2 is 2.15 bits per heavy atom. The van der Waals surface area contributed by atoms with Gasteiger partial charge in [-0.05, 0) is 49.8 Å². The summed E-state index contributed by atoms with van der Waals surface area (Å²) in [5, 5.41) is 0. The van der Waals surface area contributed by atoms with E-state index in [4.69, 9.17) is 5.73 Å². The van der Waals surface area contributed by atoms with Crippen molar-refractivity contribution in [2.75, 3.05) is 18.0 Å². The summed E-state index contributed by atoms with van der Waals surface area (Å²) in [6, 6.07) is 6.71. The van der Waals surface area contributed by atoms with Crippen LogP contribution < -0.4 is 10.6 Å². The third-order valence-electron chi connectivity index (χ3n) is 4.38. The van der Waals surface area contributed by atoms with Crippen molar-refractivity contribution >= 4 is 21.6 Å². The molecule has 2 N–H and O–H groups in total. The molecule has 0 spiro atoms. The Morgan fingerprint density at radius 3 is 2.80 bits per heavy atom. The van der Waals surface area contributed by atoms with Gasteiger partial charge in [-0.25, -0.2) is 0 Å². The molecule has 1 fully saturated rings. The fraction of sp³-hybridized carbons (Fsp3) is 0.647. The highest BCUT2D eigenvalue weighted by atomic mass is 79.9. The number of anilines is 1. The predicted octanol–water partition coefficient (Wildman–Crippen LogP) is 4.88. The first-order valence-corrected chi connectivity index (χ1v) is 8.71. The van der Waals surface area contributed by atoms with Crippen molar-refractivity contribution in [1.29, 1.82) is 0 Å². The van der Waals surface area contributed by atoms with Gasteiger partial charge in [0.15, 0.2) is 0 Å². The normalized spacial score (nSPS) is 21.6. The van der Waals surface area contributed by atoms with Crippen LogP contribution in [0.15, 0.2) is 22.7 Å². The van der Waals surface area contributed by atoms with E-state index in [0.29, 0.717) is 0 Å². The van der Waals surface area contributed by atoms with Gasteiger partial charge in [0.2, 0.25) is 0 Å². The van der Waals surface area contributed by atoms with Crippen LogP contribution in [0.5, 0.6) is 0 Å². The van der Waals surface area contributed by atoms with Gasteiger partial charge in [-0.3, -0.25) is 0 Å². The number of benzene rings is 1. The molecule has 0 amide bonds. The molecule has 0 bridgehead atoms. The topological polar surface area (TPSA) is 29.3 Å². The van der Waals surface area contributed by atoms with E-state index < -0.39 is 0 Å². The van der Waals surface area contributed by atoms with Crippen LogP contribution >= 0.6 is 15.9 Å². The third-order valence-corrected chi connectivity index (χ3v) is 5.07. The predicted molar refractivity (Wildman–Crippen MR) is 91.2 cm³/mol. The van der Waals surface area contributed by atoms with Crippen LogP contribution in [-0.2, 0) is 0 Å². The van der Waals surface area contributed by atoms with Crippen molar-refractivity contribution in [2.24, 2.45) is 11.7 Å². The number of nitrogens with zero attached hydrogens (tertiary/aromatic N) is 1. The third kappa shape index (κ3) is 3.98. The van der Waals surface area contributed by atoms with Gasteiger partial charge in [-0.2, -0.15) is 0 Å². The summed E-state index contributed by atoms with van der Waals surface area (Å²) in [5.41, 5.74) is 8.50. The molecule has 0 saturated carbocycles. The minimum Gasteiger partial charge on any atom is -0.371 e. The highest BCUT2D eigenvalue weighted by Gasteiger charge is 2.17. The van der Waals surface area contributed by atoms with Crippen molar-refractivity contribution in [3.8, 4) is 0 Å². The smallest absolute Gasteiger partial charge is 0.0377 e. The second-order valence-corrected chi connectivity index (χ2v) is 6.92. The molecule has 2 rings (SSSR count). The molecule has 112 valence electrons. The summed E-state index contributed by atoms with van der Waals surface area (Å²) in [7, 11) is 0. The Balaban J connectivity index is 2.06. The molecule has 1 heterocycles. The Kier molecular flexibility index (Phi) is 5.91. The standard InChI is InChI=1S/C17H27BrN2/c1-3-5-14-6-4-10-20(11-9-14)15-7-8-16(13(2)19)17(18)12-15/h7-8,12-14H,3-6,9-11,19H2,1-2H3/t13-,14?/m1/s1. The Morgan fingerprint density at radius 1 is 1.35 bits per heavy atom. The zero-order valence-corrected chi connectivity index (χ0v) is 14.3. The monoisotopic (exact) mass is 338 g/mol. The number of nitrogens with two attached hydrogens (primary N) is 1. The molecule has 0 aliphatic carbocycles. The molecule has 0 aromatic heterocycles. The van der Waals surface area contributed by atoms with Crippen LogP contribution in [0.2, 0.25) is 0 Å². The van der Waals surface area contributed by atoms with Crippen LogP contribution in [0.1, 0.15) is 57.6 Å². The van der Waals surface area contributed by atoms with Crippen molar-refractivity contribution in [3.05, 3.63) is 28.2 Å². The second-order valence-electron chi connectivity index (χ2n) is 6.07. The molecule has 2 atom stereocenters. The maximum Gasteiger partial charge on any atom is 0.0377 e. The summed E-state index contributed by atoms with van der Waals surface area (Å²) in [6.45, 7) is 6.70. The first-order valence-electron chi connectivity index (χ1n) is 7.91. The molecule has 2 nitrogen and oxygen atoms in total. The molecular weight excluding hydrogens is 312 g/mol. The first-order chi connectivity index (χ1) is 9.61. The maximum atomic E-state index is 5.98. The van der Waals surface area contributed by atoms with Gasteiger partial charge < -0.3 is 10.6 Å². The second kappa shape index (κ2) is 7.46. The lowest BCUT2D eigenvalue weighted by molar-refractivity contribution is 0.435. The fourth-order valence-electron chi connectivity index (χ4n) is 3.20. The van der Waals surface area contributed by atoms with Crippen molar-refractivity contribution < 1.29 is 0 Å². The van der Waals surface area contributed by atoms with E-state index in [9.17, 15) is 0 Å². The van der Waals surface area contributed by atoms with Gasteiger partial charge in [0.05, 0.1) is 0 Å². The quantitative estimate of drug-likeness (QED) is 0.847. The lowest BCUT2D eigenvalue weighted by Crippen LogP contribution is -2.24. The van der Waals surface area contributed by atoms with E-state index in [2.05, 4.69) is 46.0 Å². The summed E-state index contributed by atoms with van der Waals surface area (Å²) in [6.07, 6.45) is 6.75. The number of hydrogen-bond acceptors (Lipinski definition) is 2. The summed E-state index contributed by atoms with van der Waals surface area (Å²) < 4.78 is 1.14. The number of hydrogen-bond donors (Lipinski definition) is 1. The van der Waals surface area contributed by atoms with E-state index >= 15 is 0 Å². The molecule has 20 heavy (non-hydrogen) atoms. The minimum atomic E-state index is 0.0801. The Hall–Kier alpha value is -0.540. The van der Waals surface area contributed by atoms with Gasteiger partial charge >= 0.3 is 0 Å². The maximum absolute atomic E-state index is 5.98. The van der Waals surface area contributed by atoms with Gasteiger partial charge in [-0.1, -0.05) is 41.8 Å². The highest BCUT2D eigenvalue weighted by Crippen LogP contribution is 2.30. The average Bonchev–Trinajstić information content (AvgIpc) is 2.64. The average molecular weight is 339 g/mol. The molecule has 1 aliphatic heterocycles. The van der Waals surface area contributed by atoms with Crippen molar-refractivity contribution in [2.45, 2.75) is 52.0 Å². The Labute approximate surface area is 131 Å². The number of halogens is 1. The van der Waals surface area contributed by atoms with Crippen LogP contribution in [-0.4, -0.2) is 13.1 Å². The lowest BCUT2D eigenvalue weighted by Gasteiger charge is -2.24. The molecule has 1 saturated heterocycles. The van der Waals surface area contributed by atoms with Crippen molar-refractivity contribution in [1.82, 2.24) is 0 Å². The molecule has 1 aliphatic rings. The SMILES string of the molecule is CCCC1CCCN(c2ccc([C@@H](C)N)c(Br)c2)CC1. The molecular formula is C17H27BrN2. The van der Waals surface area contributed by atoms with E-state index in [1.54, 1.807) is 0 Å². The van der Waals surface area contributed by atoms with Crippen LogP contribution in [0.4, 0.5) is 5.69 Å². The lowest BCUT2D eigenvalue weighted by atomic mass is 9.96. The van der Waals surface area contributed by atoms with Crippen molar-refractivity contribution in [3.63, 3.8) is 0 Å². The van der Waals surface area contributed by atoms with Gasteiger partial charge in [-0.15, -0.1) is 0 Å². The minimum absolute atomic E-state index is 0.0801. The van der Waals surface area contributed by atoms with Gasteiger partial charge in [0.1, 0.15) is 0 Å². The Bertz CT molecular complexity index is 431. The van der Waals surface area contributed by atoms with Crippen LogP contribution in [0.3, 0.4) is 0 Å². The largest absolute Gasteiger partial charge is 0.371 e. The van der Waals surface area contributed by atoms with E-state index in [1.807, 2.05) is 6.92 Å². The molecule has 1 aromatic carbocycles.